The van der Waals surface area contributed by atoms with E-state index in [-0.39, 0.29) is 11.4 Å². The Morgan fingerprint density at radius 1 is 1.47 bits per heavy atom. The van der Waals surface area contributed by atoms with E-state index in [1.807, 2.05) is 0 Å². The predicted molar refractivity (Wildman–Crippen MR) is 74.7 cm³/mol. The second-order valence-electron chi connectivity index (χ2n) is 4.58. The lowest BCUT2D eigenvalue weighted by Crippen LogP contribution is -2.03. The Morgan fingerprint density at radius 3 is 2.95 bits per heavy atom. The molecule has 0 bridgehead atoms. The van der Waals surface area contributed by atoms with Gasteiger partial charge in [-0.3, -0.25) is 10.1 Å². The third-order valence-electron chi connectivity index (χ3n) is 3.29. The number of ether oxygens (including phenoxy) is 1. The van der Waals surface area contributed by atoms with Gasteiger partial charge in [0.25, 0.3) is 0 Å². The van der Waals surface area contributed by atoms with Gasteiger partial charge in [-0.1, -0.05) is 11.6 Å². The molecule has 1 aromatic rings. The Hall–Kier alpha value is -2.04. The summed E-state index contributed by atoms with van der Waals surface area (Å²) in [4.78, 5) is 10.3. The first-order valence-corrected chi connectivity index (χ1v) is 6.45. The number of hydrogen-bond donors (Lipinski definition) is 1. The van der Waals surface area contributed by atoms with Crippen LogP contribution in [0.3, 0.4) is 0 Å². The molecule has 1 aliphatic rings. The molecule has 0 saturated heterocycles. The van der Waals surface area contributed by atoms with E-state index < -0.39 is 4.92 Å². The largest absolute Gasteiger partial charge is 0.490 e. The maximum absolute atomic E-state index is 10.8. The summed E-state index contributed by atoms with van der Waals surface area (Å²) in [6.07, 6.45) is 6.99. The van der Waals surface area contributed by atoms with Gasteiger partial charge in [-0.05, 0) is 31.7 Å². The fraction of sp³-hybridized carbons (Fsp3) is 0.429. The van der Waals surface area contributed by atoms with Crippen LogP contribution < -0.4 is 10.1 Å². The average molecular weight is 262 g/mol. The molecule has 0 atom stereocenters. The Balaban J connectivity index is 1.95. The maximum Gasteiger partial charge on any atom is 0.311 e. The monoisotopic (exact) mass is 262 g/mol. The van der Waals surface area contributed by atoms with E-state index in [1.165, 1.54) is 38.0 Å². The third kappa shape index (κ3) is 3.47. The van der Waals surface area contributed by atoms with Crippen molar-refractivity contribution in [3.63, 3.8) is 0 Å². The number of nitrogens with one attached hydrogen (secondary N) is 1. The van der Waals surface area contributed by atoms with E-state index in [0.29, 0.717) is 0 Å². The summed E-state index contributed by atoms with van der Waals surface area (Å²) in [5, 5.41) is 14.0. The van der Waals surface area contributed by atoms with Crippen molar-refractivity contribution in [2.24, 2.45) is 0 Å². The number of hydrogen-bond acceptors (Lipinski definition) is 4. The van der Waals surface area contributed by atoms with E-state index >= 15 is 0 Å². The first kappa shape index (κ1) is 13.4. The highest BCUT2D eigenvalue weighted by atomic mass is 16.6. The smallest absolute Gasteiger partial charge is 0.311 e. The Kier molecular flexibility index (Phi) is 4.39. The fourth-order valence-corrected chi connectivity index (χ4v) is 2.27. The molecule has 102 valence electrons. The van der Waals surface area contributed by atoms with Crippen molar-refractivity contribution in [2.75, 3.05) is 19.0 Å². The van der Waals surface area contributed by atoms with E-state index in [0.717, 1.165) is 18.7 Å². The van der Waals surface area contributed by atoms with E-state index in [2.05, 4.69) is 11.4 Å². The molecule has 0 saturated carbocycles. The Bertz CT molecular complexity index is 497. The van der Waals surface area contributed by atoms with Crippen molar-refractivity contribution >= 4 is 11.4 Å². The van der Waals surface area contributed by atoms with Crippen molar-refractivity contribution in [2.45, 2.75) is 25.7 Å². The van der Waals surface area contributed by atoms with Crippen molar-refractivity contribution in [1.82, 2.24) is 0 Å². The molecule has 0 radical (unpaired) electrons. The zero-order valence-electron chi connectivity index (χ0n) is 11.0. The molecule has 0 spiro atoms. The van der Waals surface area contributed by atoms with Gasteiger partial charge < -0.3 is 10.1 Å². The van der Waals surface area contributed by atoms with Crippen molar-refractivity contribution in [1.29, 1.82) is 0 Å². The van der Waals surface area contributed by atoms with Crippen molar-refractivity contribution in [3.8, 4) is 5.75 Å². The number of benzene rings is 1. The molecule has 0 aromatic heterocycles. The Labute approximate surface area is 112 Å². The summed E-state index contributed by atoms with van der Waals surface area (Å²) < 4.78 is 5.03. The van der Waals surface area contributed by atoms with Gasteiger partial charge in [0.1, 0.15) is 0 Å². The van der Waals surface area contributed by atoms with Crippen molar-refractivity contribution < 1.29 is 9.66 Å². The normalized spacial score (nSPS) is 14.1. The summed E-state index contributed by atoms with van der Waals surface area (Å²) in [6, 6.07) is 4.85. The highest BCUT2D eigenvalue weighted by Crippen LogP contribution is 2.29. The van der Waals surface area contributed by atoms with Crippen LogP contribution in [-0.2, 0) is 0 Å². The van der Waals surface area contributed by atoms with Crippen molar-refractivity contribution in [3.05, 3.63) is 40.0 Å². The minimum atomic E-state index is -0.439. The molecule has 5 nitrogen and oxygen atoms in total. The number of nitrogens with zero attached hydrogens (tertiary/aromatic N) is 1. The summed E-state index contributed by atoms with van der Waals surface area (Å²) >= 11 is 0. The molecule has 0 amide bonds. The van der Waals surface area contributed by atoms with Crippen LogP contribution in [-0.4, -0.2) is 18.6 Å². The van der Waals surface area contributed by atoms with E-state index in [1.54, 1.807) is 12.1 Å². The molecular formula is C14H18N2O3. The molecule has 1 aromatic carbocycles. The van der Waals surface area contributed by atoms with Gasteiger partial charge in [0.15, 0.2) is 5.75 Å². The number of anilines is 1. The zero-order chi connectivity index (χ0) is 13.7. The second-order valence-corrected chi connectivity index (χ2v) is 4.58. The van der Waals surface area contributed by atoms with Crippen LogP contribution in [0.4, 0.5) is 11.4 Å². The summed E-state index contributed by atoms with van der Waals surface area (Å²) in [5.74, 6) is 0.287. The highest BCUT2D eigenvalue weighted by molar-refractivity contribution is 5.57. The molecule has 2 rings (SSSR count). The molecular weight excluding hydrogens is 244 g/mol. The van der Waals surface area contributed by atoms with Gasteiger partial charge in [-0.2, -0.15) is 0 Å². The molecule has 0 aliphatic heterocycles. The van der Waals surface area contributed by atoms with Crippen LogP contribution in [0.5, 0.6) is 5.75 Å². The minimum Gasteiger partial charge on any atom is -0.490 e. The number of rotatable bonds is 6. The van der Waals surface area contributed by atoms with Crippen LogP contribution >= 0.6 is 0 Å². The van der Waals surface area contributed by atoms with Crippen LogP contribution in [0.25, 0.3) is 0 Å². The SMILES string of the molecule is COc1cc(NCCC2=CCCC2)ccc1[N+](=O)[O-]. The number of methoxy groups -OCH3 is 1. The molecule has 0 fully saturated rings. The lowest BCUT2D eigenvalue weighted by Gasteiger charge is -2.09. The Morgan fingerprint density at radius 2 is 2.32 bits per heavy atom. The third-order valence-corrected chi connectivity index (χ3v) is 3.29. The predicted octanol–water partition coefficient (Wildman–Crippen LogP) is 3.52. The number of allylic oxidation sites excluding steroid dienone is 1. The maximum atomic E-state index is 10.8. The molecule has 19 heavy (non-hydrogen) atoms. The van der Waals surface area contributed by atoms with Crippen LogP contribution in [0.1, 0.15) is 25.7 Å². The standard InChI is InChI=1S/C14H18N2O3/c1-19-14-10-12(6-7-13(14)16(17)18)15-9-8-11-4-2-3-5-11/h4,6-7,10,15H,2-3,5,8-9H2,1H3. The molecule has 0 heterocycles. The number of nitro groups is 1. The second kappa shape index (κ2) is 6.22. The van der Waals surface area contributed by atoms with E-state index in [4.69, 9.17) is 4.74 Å². The van der Waals surface area contributed by atoms with Gasteiger partial charge in [0.05, 0.1) is 12.0 Å². The quantitative estimate of drug-likeness (QED) is 0.484. The molecule has 1 aliphatic carbocycles. The van der Waals surface area contributed by atoms with Crippen LogP contribution in [0.2, 0.25) is 0 Å². The summed E-state index contributed by atoms with van der Waals surface area (Å²) in [7, 11) is 1.44. The van der Waals surface area contributed by atoms with E-state index in [9.17, 15) is 10.1 Å². The first-order chi connectivity index (χ1) is 9.20. The lowest BCUT2D eigenvalue weighted by atomic mass is 10.1. The topological polar surface area (TPSA) is 64.4 Å². The average Bonchev–Trinajstić information content (AvgIpc) is 2.91. The number of nitro benzene ring substituents is 1. The van der Waals surface area contributed by atoms with Crippen LogP contribution in [0.15, 0.2) is 29.8 Å². The molecule has 0 unspecified atom stereocenters. The fourth-order valence-electron chi connectivity index (χ4n) is 2.27. The van der Waals surface area contributed by atoms with Gasteiger partial charge in [-0.15, -0.1) is 0 Å². The zero-order valence-corrected chi connectivity index (χ0v) is 11.0. The van der Waals surface area contributed by atoms with Gasteiger partial charge in [0, 0.05) is 24.4 Å². The molecule has 5 heteroatoms. The van der Waals surface area contributed by atoms with Crippen LogP contribution in [0, 0.1) is 10.1 Å². The summed E-state index contributed by atoms with van der Waals surface area (Å²) in [5.41, 5.74) is 2.34. The first-order valence-electron chi connectivity index (χ1n) is 6.45. The summed E-state index contributed by atoms with van der Waals surface area (Å²) in [6.45, 7) is 0.840. The van der Waals surface area contributed by atoms with Gasteiger partial charge in [0.2, 0.25) is 0 Å². The highest BCUT2D eigenvalue weighted by Gasteiger charge is 2.14. The minimum absolute atomic E-state index is 0.00782. The van der Waals surface area contributed by atoms with Gasteiger partial charge >= 0.3 is 5.69 Å². The van der Waals surface area contributed by atoms with Gasteiger partial charge in [-0.25, -0.2) is 0 Å². The molecule has 1 N–H and O–H groups in total. The lowest BCUT2D eigenvalue weighted by molar-refractivity contribution is -0.385.